The summed E-state index contributed by atoms with van der Waals surface area (Å²) in [6.07, 6.45) is 5.96. The van der Waals surface area contributed by atoms with Crippen molar-refractivity contribution in [3.8, 4) is 0 Å². The molecule has 1 aliphatic carbocycles. The summed E-state index contributed by atoms with van der Waals surface area (Å²) in [7, 11) is 0. The van der Waals surface area contributed by atoms with E-state index in [0.717, 1.165) is 25.9 Å². The molecule has 6 nitrogen and oxygen atoms in total. The van der Waals surface area contributed by atoms with Gasteiger partial charge in [-0.1, -0.05) is 19.3 Å². The lowest BCUT2D eigenvalue weighted by atomic mass is 9.95. The number of carbonyl (C=O) groups is 2. The van der Waals surface area contributed by atoms with Gasteiger partial charge in [-0.05, 0) is 26.7 Å². The molecule has 1 heterocycles. The Hall–Kier alpha value is -1.14. The summed E-state index contributed by atoms with van der Waals surface area (Å²) in [6, 6.07) is 0.363. The monoisotopic (exact) mass is 310 g/mol. The van der Waals surface area contributed by atoms with Crippen LogP contribution in [0.15, 0.2) is 0 Å². The Morgan fingerprint density at radius 2 is 1.68 bits per heavy atom. The molecule has 0 unspecified atom stereocenters. The number of nitrogens with one attached hydrogen (secondary N) is 1. The highest BCUT2D eigenvalue weighted by Crippen LogP contribution is 2.17. The van der Waals surface area contributed by atoms with Gasteiger partial charge in [0.1, 0.15) is 0 Å². The Morgan fingerprint density at radius 3 is 2.23 bits per heavy atom. The number of hydrogen-bond acceptors (Lipinski definition) is 4. The Kier molecular flexibility index (Phi) is 5.81. The predicted octanol–water partition coefficient (Wildman–Crippen LogP) is 0.317. The zero-order valence-corrected chi connectivity index (χ0v) is 13.9. The Bertz CT molecular complexity index is 391. The fourth-order valence-corrected chi connectivity index (χ4v) is 3.24. The molecule has 0 spiro atoms. The molecule has 22 heavy (non-hydrogen) atoms. The van der Waals surface area contributed by atoms with E-state index in [1.54, 1.807) is 18.7 Å². The molecular formula is C16H30N4O2. The van der Waals surface area contributed by atoms with Crippen LogP contribution in [0.3, 0.4) is 0 Å². The van der Waals surface area contributed by atoms with E-state index in [1.807, 2.05) is 0 Å². The first-order chi connectivity index (χ1) is 10.4. The molecule has 0 aromatic carbocycles. The second-order valence-corrected chi connectivity index (χ2v) is 7.19. The van der Waals surface area contributed by atoms with Crippen molar-refractivity contribution in [1.29, 1.82) is 0 Å². The lowest BCUT2D eigenvalue weighted by molar-refractivity contribution is -0.137. The third-order valence-corrected chi connectivity index (χ3v) is 4.55. The van der Waals surface area contributed by atoms with Crippen LogP contribution < -0.4 is 11.1 Å². The molecule has 1 aliphatic heterocycles. The van der Waals surface area contributed by atoms with Crippen molar-refractivity contribution in [3.05, 3.63) is 0 Å². The van der Waals surface area contributed by atoms with Crippen LogP contribution in [-0.4, -0.2) is 65.9 Å². The molecule has 3 N–H and O–H groups in total. The number of rotatable bonds is 4. The van der Waals surface area contributed by atoms with Crippen molar-refractivity contribution in [3.63, 3.8) is 0 Å². The first-order valence-electron chi connectivity index (χ1n) is 8.46. The number of hydrogen-bond donors (Lipinski definition) is 2. The first-order valence-corrected chi connectivity index (χ1v) is 8.46. The number of carbonyl (C=O) groups excluding carboxylic acids is 2. The van der Waals surface area contributed by atoms with Gasteiger partial charge in [-0.3, -0.25) is 14.5 Å². The summed E-state index contributed by atoms with van der Waals surface area (Å²) in [4.78, 5) is 28.1. The summed E-state index contributed by atoms with van der Waals surface area (Å²) < 4.78 is 0. The quantitative estimate of drug-likeness (QED) is 0.784. The summed E-state index contributed by atoms with van der Waals surface area (Å²) in [5.41, 5.74) is 5.04. The van der Waals surface area contributed by atoms with E-state index in [2.05, 4.69) is 10.2 Å². The molecule has 2 aliphatic rings. The van der Waals surface area contributed by atoms with Gasteiger partial charge >= 0.3 is 0 Å². The zero-order valence-electron chi connectivity index (χ0n) is 13.9. The van der Waals surface area contributed by atoms with Gasteiger partial charge in [0.15, 0.2) is 0 Å². The van der Waals surface area contributed by atoms with E-state index >= 15 is 0 Å². The molecule has 0 aromatic heterocycles. The minimum absolute atomic E-state index is 0.0150. The second-order valence-electron chi connectivity index (χ2n) is 7.19. The van der Waals surface area contributed by atoms with Gasteiger partial charge in [0.25, 0.3) is 0 Å². The molecule has 2 rings (SSSR count). The summed E-state index contributed by atoms with van der Waals surface area (Å²) in [5, 5.41) is 3.14. The minimum atomic E-state index is -0.819. The van der Waals surface area contributed by atoms with Crippen LogP contribution in [0.2, 0.25) is 0 Å². The average molecular weight is 310 g/mol. The lowest BCUT2D eigenvalue weighted by Crippen LogP contribution is -2.58. The highest BCUT2D eigenvalue weighted by Gasteiger charge is 2.30. The Morgan fingerprint density at radius 1 is 1.09 bits per heavy atom. The molecule has 1 saturated heterocycles. The van der Waals surface area contributed by atoms with E-state index in [9.17, 15) is 9.59 Å². The van der Waals surface area contributed by atoms with Gasteiger partial charge in [-0.2, -0.15) is 0 Å². The summed E-state index contributed by atoms with van der Waals surface area (Å²) in [5.74, 6) is 0.102. The van der Waals surface area contributed by atoms with E-state index < -0.39 is 5.54 Å². The van der Waals surface area contributed by atoms with E-state index in [4.69, 9.17) is 5.73 Å². The molecule has 6 heteroatoms. The van der Waals surface area contributed by atoms with Gasteiger partial charge in [0.05, 0.1) is 12.1 Å². The predicted molar refractivity (Wildman–Crippen MR) is 86.3 cm³/mol. The van der Waals surface area contributed by atoms with E-state index in [1.165, 1.54) is 19.3 Å². The SMILES string of the molecule is CC(C)(N)C(=O)N1CCN(CC(=O)NC2CCCCC2)CC1. The van der Waals surface area contributed by atoms with Crippen molar-refractivity contribution < 1.29 is 9.59 Å². The van der Waals surface area contributed by atoms with Crippen LogP contribution in [0.25, 0.3) is 0 Å². The number of amides is 2. The zero-order chi connectivity index (χ0) is 16.2. The van der Waals surface area contributed by atoms with E-state index in [0.29, 0.717) is 25.7 Å². The number of nitrogens with zero attached hydrogens (tertiary/aromatic N) is 2. The van der Waals surface area contributed by atoms with Crippen LogP contribution in [0.1, 0.15) is 46.0 Å². The lowest BCUT2D eigenvalue weighted by Gasteiger charge is -2.37. The smallest absolute Gasteiger partial charge is 0.242 e. The Labute approximate surface area is 133 Å². The number of nitrogens with two attached hydrogens (primary N) is 1. The van der Waals surface area contributed by atoms with Crippen molar-refractivity contribution >= 4 is 11.8 Å². The maximum atomic E-state index is 12.1. The minimum Gasteiger partial charge on any atom is -0.352 e. The summed E-state index contributed by atoms with van der Waals surface area (Å²) >= 11 is 0. The molecule has 0 aromatic rings. The van der Waals surface area contributed by atoms with Gasteiger partial charge in [0, 0.05) is 32.2 Å². The molecular weight excluding hydrogens is 280 g/mol. The van der Waals surface area contributed by atoms with Gasteiger partial charge in [0.2, 0.25) is 11.8 Å². The maximum absolute atomic E-state index is 12.1. The molecule has 0 radical (unpaired) electrons. The van der Waals surface area contributed by atoms with Crippen molar-refractivity contribution in [2.24, 2.45) is 5.73 Å². The third-order valence-electron chi connectivity index (χ3n) is 4.55. The molecule has 2 fully saturated rings. The molecule has 126 valence electrons. The summed E-state index contributed by atoms with van der Waals surface area (Å²) in [6.45, 7) is 6.68. The van der Waals surface area contributed by atoms with Crippen molar-refractivity contribution in [1.82, 2.24) is 15.1 Å². The molecule has 0 bridgehead atoms. The van der Waals surface area contributed by atoms with Crippen molar-refractivity contribution in [2.45, 2.75) is 57.5 Å². The van der Waals surface area contributed by atoms with E-state index in [-0.39, 0.29) is 11.8 Å². The van der Waals surface area contributed by atoms with Crippen LogP contribution in [0, 0.1) is 0 Å². The molecule has 2 amide bonds. The molecule has 0 atom stereocenters. The molecule has 1 saturated carbocycles. The van der Waals surface area contributed by atoms with Gasteiger partial charge < -0.3 is 16.0 Å². The largest absolute Gasteiger partial charge is 0.352 e. The van der Waals surface area contributed by atoms with Crippen LogP contribution >= 0.6 is 0 Å². The average Bonchev–Trinajstić information content (AvgIpc) is 2.47. The highest BCUT2D eigenvalue weighted by atomic mass is 16.2. The van der Waals surface area contributed by atoms with Crippen molar-refractivity contribution in [2.75, 3.05) is 32.7 Å². The third kappa shape index (κ3) is 4.95. The van der Waals surface area contributed by atoms with Crippen LogP contribution in [-0.2, 0) is 9.59 Å². The topological polar surface area (TPSA) is 78.7 Å². The van der Waals surface area contributed by atoms with Gasteiger partial charge in [-0.25, -0.2) is 0 Å². The highest BCUT2D eigenvalue weighted by molar-refractivity contribution is 5.85. The fourth-order valence-electron chi connectivity index (χ4n) is 3.24. The fraction of sp³-hybridized carbons (Fsp3) is 0.875. The second kappa shape index (κ2) is 7.42. The first kappa shape index (κ1) is 17.2. The van der Waals surface area contributed by atoms with Crippen LogP contribution in [0.5, 0.6) is 0 Å². The van der Waals surface area contributed by atoms with Crippen LogP contribution in [0.4, 0.5) is 0 Å². The number of piperazine rings is 1. The maximum Gasteiger partial charge on any atom is 0.242 e. The standard InChI is InChI=1S/C16H30N4O2/c1-16(2,17)15(22)20-10-8-19(9-11-20)12-14(21)18-13-6-4-3-5-7-13/h13H,3-12,17H2,1-2H3,(H,18,21). The normalized spacial score (nSPS) is 21.7. The van der Waals surface area contributed by atoms with Gasteiger partial charge in [-0.15, -0.1) is 0 Å². The Balaban J connectivity index is 1.70.